The average molecular weight is 892 g/mol. The normalized spacial score (nSPS) is 14.5. The highest BCUT2D eigenvalue weighted by Gasteiger charge is 2.50. The fourth-order valence-corrected chi connectivity index (χ4v) is 12.2. The van der Waals surface area contributed by atoms with Crippen LogP contribution in [0.2, 0.25) is 0 Å². The zero-order valence-electron chi connectivity index (χ0n) is 37.9. The Morgan fingerprint density at radius 2 is 0.786 bits per heavy atom. The van der Waals surface area contributed by atoms with Crippen LogP contribution < -0.4 is 9.64 Å². The van der Waals surface area contributed by atoms with Gasteiger partial charge in [-0.1, -0.05) is 188 Å². The molecule has 3 nitrogen and oxygen atoms in total. The van der Waals surface area contributed by atoms with Gasteiger partial charge in [-0.05, 0) is 133 Å². The van der Waals surface area contributed by atoms with Crippen LogP contribution in [0.4, 0.5) is 17.1 Å². The van der Waals surface area contributed by atoms with Crippen LogP contribution >= 0.6 is 0 Å². The lowest BCUT2D eigenvalue weighted by atomic mass is 9.65. The van der Waals surface area contributed by atoms with Gasteiger partial charge in [0.05, 0.1) is 11.1 Å². The van der Waals surface area contributed by atoms with Gasteiger partial charge in [0.15, 0.2) is 0 Å². The Bertz CT molecular complexity index is 4130. The quantitative estimate of drug-likeness (QED) is 0.176. The lowest BCUT2D eigenvalue weighted by Gasteiger charge is -2.36. The highest BCUT2D eigenvalue weighted by molar-refractivity contribution is 6.09. The summed E-state index contributed by atoms with van der Waals surface area (Å²) in [5.74, 6) is 1.68. The van der Waals surface area contributed by atoms with Crippen LogP contribution in [0.3, 0.4) is 0 Å². The molecule has 1 spiro atoms. The zero-order valence-corrected chi connectivity index (χ0v) is 37.9. The SMILES string of the molecule is c1ccc(-c2ccccc2N(c2ccc3c(c2)-c2ccccc2-c2ccccc2O3)c2ccc3c(c2)-c2ccccc2-c2ccccc2C32c3ccccc3-c3cc4oc5ccccc5c4cc32)cc1. The smallest absolute Gasteiger partial charge is 0.136 e. The molecule has 3 heteroatoms. The number of hydrogen-bond donors (Lipinski definition) is 0. The van der Waals surface area contributed by atoms with Gasteiger partial charge < -0.3 is 14.1 Å². The van der Waals surface area contributed by atoms with E-state index in [-0.39, 0.29) is 0 Å². The molecule has 326 valence electrons. The third-order valence-electron chi connectivity index (χ3n) is 15.1. The van der Waals surface area contributed by atoms with E-state index in [1.165, 1.54) is 55.6 Å². The van der Waals surface area contributed by atoms with Gasteiger partial charge in [0.2, 0.25) is 0 Å². The van der Waals surface area contributed by atoms with Gasteiger partial charge in [-0.15, -0.1) is 0 Å². The van der Waals surface area contributed by atoms with Crippen molar-refractivity contribution in [2.24, 2.45) is 0 Å². The van der Waals surface area contributed by atoms with Gasteiger partial charge in [0.1, 0.15) is 22.7 Å². The summed E-state index contributed by atoms with van der Waals surface area (Å²) in [5.41, 5.74) is 23.3. The van der Waals surface area contributed by atoms with E-state index in [2.05, 4.69) is 248 Å². The summed E-state index contributed by atoms with van der Waals surface area (Å²) in [4.78, 5) is 2.45. The molecule has 0 saturated carbocycles. The summed E-state index contributed by atoms with van der Waals surface area (Å²) in [6.45, 7) is 0. The monoisotopic (exact) mass is 891 g/mol. The largest absolute Gasteiger partial charge is 0.456 e. The fourth-order valence-electron chi connectivity index (χ4n) is 12.2. The van der Waals surface area contributed by atoms with Gasteiger partial charge >= 0.3 is 0 Å². The molecule has 0 fully saturated rings. The van der Waals surface area contributed by atoms with Crippen molar-refractivity contribution in [2.75, 3.05) is 4.90 Å². The van der Waals surface area contributed by atoms with Crippen molar-refractivity contribution in [3.63, 3.8) is 0 Å². The highest BCUT2D eigenvalue weighted by Crippen LogP contribution is 2.63. The maximum absolute atomic E-state index is 6.81. The van der Waals surface area contributed by atoms with Crippen molar-refractivity contribution in [3.8, 4) is 78.3 Å². The van der Waals surface area contributed by atoms with Gasteiger partial charge in [0.25, 0.3) is 0 Å². The molecule has 11 aromatic carbocycles. The number of para-hydroxylation sites is 3. The maximum Gasteiger partial charge on any atom is 0.136 e. The molecular weight excluding hydrogens is 851 g/mol. The van der Waals surface area contributed by atoms with Crippen molar-refractivity contribution in [2.45, 2.75) is 5.41 Å². The van der Waals surface area contributed by atoms with Crippen molar-refractivity contribution >= 4 is 39.0 Å². The second-order valence-electron chi connectivity index (χ2n) is 18.7. The van der Waals surface area contributed by atoms with E-state index in [1.54, 1.807) is 0 Å². The first-order valence-corrected chi connectivity index (χ1v) is 24.1. The van der Waals surface area contributed by atoms with E-state index < -0.39 is 5.41 Å². The molecule has 70 heavy (non-hydrogen) atoms. The molecular formula is C67H41NO2. The van der Waals surface area contributed by atoms with Gasteiger partial charge in [-0.3, -0.25) is 0 Å². The predicted molar refractivity (Wildman–Crippen MR) is 287 cm³/mol. The number of furan rings is 1. The topological polar surface area (TPSA) is 25.6 Å². The first kappa shape index (κ1) is 38.9. The molecule has 12 aromatic rings. The van der Waals surface area contributed by atoms with E-state index in [4.69, 9.17) is 9.15 Å². The van der Waals surface area contributed by atoms with Crippen molar-refractivity contribution in [1.29, 1.82) is 0 Å². The average Bonchev–Trinajstić information content (AvgIpc) is 3.85. The van der Waals surface area contributed by atoms with Crippen molar-refractivity contribution < 1.29 is 9.15 Å². The van der Waals surface area contributed by atoms with E-state index in [0.717, 1.165) is 83.9 Å². The van der Waals surface area contributed by atoms with Crippen LogP contribution in [0.5, 0.6) is 11.5 Å². The van der Waals surface area contributed by atoms with Crippen LogP contribution in [-0.4, -0.2) is 0 Å². The molecule has 0 N–H and O–H groups in total. The molecule has 0 bridgehead atoms. The van der Waals surface area contributed by atoms with Crippen molar-refractivity contribution in [3.05, 3.63) is 271 Å². The molecule has 1 aliphatic heterocycles. The van der Waals surface area contributed by atoms with Crippen LogP contribution in [0.25, 0.3) is 88.7 Å². The maximum atomic E-state index is 6.81. The van der Waals surface area contributed by atoms with Crippen LogP contribution in [0, 0.1) is 0 Å². The number of nitrogens with zero attached hydrogens (tertiary/aromatic N) is 1. The zero-order chi connectivity index (χ0) is 45.9. The van der Waals surface area contributed by atoms with Crippen LogP contribution in [-0.2, 0) is 5.41 Å². The van der Waals surface area contributed by atoms with E-state index in [1.807, 2.05) is 6.07 Å². The Hall–Kier alpha value is -9.18. The number of rotatable bonds is 4. The number of ether oxygens (including phenoxy) is 1. The third-order valence-corrected chi connectivity index (χ3v) is 15.1. The minimum absolute atomic E-state index is 0.672. The number of fused-ring (bicyclic) bond motifs is 20. The second-order valence-corrected chi connectivity index (χ2v) is 18.7. The van der Waals surface area contributed by atoms with E-state index in [9.17, 15) is 0 Å². The number of benzene rings is 11. The summed E-state index contributed by atoms with van der Waals surface area (Å²) >= 11 is 0. The molecule has 1 aromatic heterocycles. The second kappa shape index (κ2) is 14.9. The Morgan fingerprint density at radius 1 is 0.286 bits per heavy atom. The predicted octanol–water partition coefficient (Wildman–Crippen LogP) is 18.2. The van der Waals surface area contributed by atoms with Crippen LogP contribution in [0.1, 0.15) is 22.3 Å². The van der Waals surface area contributed by atoms with E-state index >= 15 is 0 Å². The van der Waals surface area contributed by atoms with E-state index in [0.29, 0.717) is 0 Å². The van der Waals surface area contributed by atoms with Gasteiger partial charge in [0, 0.05) is 38.8 Å². The molecule has 1 unspecified atom stereocenters. The molecule has 0 saturated heterocycles. The molecule has 1 atom stereocenters. The van der Waals surface area contributed by atoms with Crippen molar-refractivity contribution in [1.82, 2.24) is 0 Å². The standard InChI is InChI=1S/C67H41NO2/c1-2-18-42(19-3-1)45-20-10-15-31-62(45)68(44-35-37-65-56(39-44)49-24-7-5-22-47(49)52-27-11-16-32-63(52)69-65)43-34-36-60-54(38-43)48-23-6-4-21-46(48)50-25-8-13-29-58(50)67(60)59-30-14-9-26-51(59)55-41-66-57(40-61(55)67)53-28-12-17-33-64(53)70-66/h1-41H. The summed E-state index contributed by atoms with van der Waals surface area (Å²) in [5, 5.41) is 2.25. The first-order valence-electron chi connectivity index (χ1n) is 24.1. The van der Waals surface area contributed by atoms with Gasteiger partial charge in [-0.25, -0.2) is 0 Å². The lowest BCUT2D eigenvalue weighted by Crippen LogP contribution is -2.29. The summed E-state index contributed by atoms with van der Waals surface area (Å²) in [7, 11) is 0. The Kier molecular flexibility index (Phi) is 8.28. The number of anilines is 3. The Morgan fingerprint density at radius 3 is 1.54 bits per heavy atom. The Labute approximate surface area is 405 Å². The summed E-state index contributed by atoms with van der Waals surface area (Å²) < 4.78 is 13.4. The first-order chi connectivity index (χ1) is 34.7. The fraction of sp³-hybridized carbons (Fsp3) is 0.0149. The molecule has 2 heterocycles. The summed E-state index contributed by atoms with van der Waals surface area (Å²) in [6.07, 6.45) is 0. The molecule has 0 radical (unpaired) electrons. The molecule has 2 aliphatic carbocycles. The lowest BCUT2D eigenvalue weighted by molar-refractivity contribution is 0.488. The van der Waals surface area contributed by atoms with Crippen LogP contribution in [0.15, 0.2) is 253 Å². The molecule has 15 rings (SSSR count). The number of hydrogen-bond acceptors (Lipinski definition) is 3. The van der Waals surface area contributed by atoms with Gasteiger partial charge in [-0.2, -0.15) is 0 Å². The minimum atomic E-state index is -0.672. The third kappa shape index (κ3) is 5.46. The molecule has 0 amide bonds. The molecule has 3 aliphatic rings. The highest BCUT2D eigenvalue weighted by atomic mass is 16.5. The minimum Gasteiger partial charge on any atom is -0.456 e. The summed E-state index contributed by atoms with van der Waals surface area (Å²) in [6, 6.07) is 90.9. The Balaban J connectivity index is 1.03.